The van der Waals surface area contributed by atoms with E-state index in [-0.39, 0.29) is 0 Å². The first-order valence-electron chi connectivity index (χ1n) is 3.72. The highest BCUT2D eigenvalue weighted by Crippen LogP contribution is 2.17. The summed E-state index contributed by atoms with van der Waals surface area (Å²) in [6, 6.07) is 0. The molecule has 1 N–H and O–H groups in total. The van der Waals surface area contributed by atoms with Crippen LogP contribution in [-0.4, -0.2) is 6.21 Å². The Morgan fingerprint density at radius 1 is 1.45 bits per heavy atom. The fraction of sp³-hybridized carbons (Fsp3) is 0.222. The molecule has 0 saturated heterocycles. The molecule has 0 aromatic rings. The summed E-state index contributed by atoms with van der Waals surface area (Å²) < 4.78 is 0. The SMILES string of the molecule is CC1=CC=C2NN=CC2C=C1. The highest BCUT2D eigenvalue weighted by molar-refractivity contribution is 5.71. The van der Waals surface area contributed by atoms with E-state index >= 15 is 0 Å². The Labute approximate surface area is 66.0 Å². The van der Waals surface area contributed by atoms with Crippen molar-refractivity contribution in [1.82, 2.24) is 5.43 Å². The van der Waals surface area contributed by atoms with E-state index in [4.69, 9.17) is 0 Å². The van der Waals surface area contributed by atoms with Gasteiger partial charge in [0.1, 0.15) is 0 Å². The zero-order valence-corrected chi connectivity index (χ0v) is 6.41. The van der Waals surface area contributed by atoms with Gasteiger partial charge in [-0.05, 0) is 13.0 Å². The lowest BCUT2D eigenvalue weighted by Crippen LogP contribution is -2.04. The first kappa shape index (κ1) is 6.40. The second-order valence-corrected chi connectivity index (χ2v) is 2.81. The van der Waals surface area contributed by atoms with Crippen LogP contribution >= 0.6 is 0 Å². The van der Waals surface area contributed by atoms with Crippen LogP contribution in [0, 0.1) is 5.92 Å². The van der Waals surface area contributed by atoms with Gasteiger partial charge >= 0.3 is 0 Å². The average molecular weight is 146 g/mol. The molecule has 1 aliphatic carbocycles. The van der Waals surface area contributed by atoms with Crippen LogP contribution in [0.15, 0.2) is 40.7 Å². The zero-order chi connectivity index (χ0) is 7.68. The molecule has 0 spiro atoms. The largest absolute Gasteiger partial charge is 0.282 e. The first-order valence-corrected chi connectivity index (χ1v) is 3.72. The number of rotatable bonds is 0. The molecule has 0 amide bonds. The Hall–Kier alpha value is -1.31. The highest BCUT2D eigenvalue weighted by Gasteiger charge is 2.13. The molecule has 1 unspecified atom stereocenters. The minimum absolute atomic E-state index is 0.365. The average Bonchev–Trinajstić information content (AvgIpc) is 2.38. The number of nitrogens with zero attached hydrogens (tertiary/aromatic N) is 1. The standard InChI is InChI=1S/C9H10N2/c1-7-2-4-8-6-10-11-9(8)5-3-7/h2-6,8,11H,1H3. The van der Waals surface area contributed by atoms with E-state index in [1.165, 1.54) is 5.57 Å². The molecule has 2 heteroatoms. The van der Waals surface area contributed by atoms with Gasteiger partial charge in [0, 0.05) is 11.9 Å². The Bertz CT molecular complexity index is 282. The second kappa shape index (κ2) is 2.38. The normalized spacial score (nSPS) is 26.8. The molecule has 2 rings (SSSR count). The van der Waals surface area contributed by atoms with Gasteiger partial charge in [0.15, 0.2) is 0 Å². The maximum absolute atomic E-state index is 3.97. The van der Waals surface area contributed by atoms with Gasteiger partial charge in [-0.25, -0.2) is 0 Å². The fourth-order valence-corrected chi connectivity index (χ4v) is 1.18. The Kier molecular flexibility index (Phi) is 1.39. The number of nitrogens with one attached hydrogen (secondary N) is 1. The molecule has 0 aromatic heterocycles. The van der Waals surface area contributed by atoms with Crippen LogP contribution < -0.4 is 5.43 Å². The molecular formula is C9H10N2. The molecule has 0 fully saturated rings. The van der Waals surface area contributed by atoms with Crippen LogP contribution in [0.5, 0.6) is 0 Å². The quantitative estimate of drug-likeness (QED) is 0.551. The Morgan fingerprint density at radius 3 is 3.27 bits per heavy atom. The predicted octanol–water partition coefficient (Wildman–Crippen LogP) is 1.59. The molecule has 56 valence electrons. The third-order valence-electron chi connectivity index (χ3n) is 1.88. The topological polar surface area (TPSA) is 24.4 Å². The Morgan fingerprint density at radius 2 is 2.36 bits per heavy atom. The number of allylic oxidation sites excluding steroid dienone is 5. The summed E-state index contributed by atoms with van der Waals surface area (Å²) in [5.74, 6) is 0.365. The van der Waals surface area contributed by atoms with Crippen molar-refractivity contribution in [2.24, 2.45) is 11.0 Å². The van der Waals surface area contributed by atoms with Crippen molar-refractivity contribution in [1.29, 1.82) is 0 Å². The molecule has 11 heavy (non-hydrogen) atoms. The van der Waals surface area contributed by atoms with Crippen molar-refractivity contribution < 1.29 is 0 Å². The third kappa shape index (κ3) is 1.11. The van der Waals surface area contributed by atoms with E-state index in [0.717, 1.165) is 5.70 Å². The van der Waals surface area contributed by atoms with Gasteiger partial charge in [0.2, 0.25) is 0 Å². The van der Waals surface area contributed by atoms with Crippen LogP contribution in [0.25, 0.3) is 0 Å². The molecule has 0 saturated carbocycles. The smallest absolute Gasteiger partial charge is 0.0561 e. The molecule has 1 aliphatic heterocycles. The van der Waals surface area contributed by atoms with E-state index in [9.17, 15) is 0 Å². The predicted molar refractivity (Wildman–Crippen MR) is 46.1 cm³/mol. The first-order chi connectivity index (χ1) is 5.36. The number of fused-ring (bicyclic) bond motifs is 1. The van der Waals surface area contributed by atoms with Crippen LogP contribution in [0.4, 0.5) is 0 Å². The number of hydrogen-bond donors (Lipinski definition) is 1. The minimum atomic E-state index is 0.365. The maximum Gasteiger partial charge on any atom is 0.0561 e. The van der Waals surface area contributed by atoms with Crippen molar-refractivity contribution in [2.75, 3.05) is 0 Å². The van der Waals surface area contributed by atoms with Gasteiger partial charge in [0.05, 0.1) is 5.92 Å². The van der Waals surface area contributed by atoms with E-state index in [2.05, 4.69) is 41.8 Å². The molecule has 2 aliphatic rings. The van der Waals surface area contributed by atoms with Gasteiger partial charge in [-0.15, -0.1) is 0 Å². The third-order valence-corrected chi connectivity index (χ3v) is 1.88. The maximum atomic E-state index is 3.97. The molecule has 2 nitrogen and oxygen atoms in total. The summed E-state index contributed by atoms with van der Waals surface area (Å²) in [5.41, 5.74) is 5.40. The number of hydrazone groups is 1. The summed E-state index contributed by atoms with van der Waals surface area (Å²) in [5, 5.41) is 3.97. The van der Waals surface area contributed by atoms with Gasteiger partial charge in [-0.2, -0.15) is 5.10 Å². The summed E-state index contributed by atoms with van der Waals surface area (Å²) in [4.78, 5) is 0. The lowest BCUT2D eigenvalue weighted by atomic mass is 10.1. The molecule has 1 atom stereocenters. The summed E-state index contributed by atoms with van der Waals surface area (Å²) >= 11 is 0. The molecule has 1 heterocycles. The number of hydrogen-bond acceptors (Lipinski definition) is 2. The van der Waals surface area contributed by atoms with E-state index in [1.54, 1.807) is 0 Å². The monoisotopic (exact) mass is 146 g/mol. The van der Waals surface area contributed by atoms with Crippen molar-refractivity contribution in [2.45, 2.75) is 6.92 Å². The van der Waals surface area contributed by atoms with Crippen molar-refractivity contribution in [3.63, 3.8) is 0 Å². The fourth-order valence-electron chi connectivity index (χ4n) is 1.18. The molecule has 0 radical (unpaired) electrons. The van der Waals surface area contributed by atoms with Gasteiger partial charge < -0.3 is 0 Å². The van der Waals surface area contributed by atoms with Crippen LogP contribution in [0.3, 0.4) is 0 Å². The van der Waals surface area contributed by atoms with Crippen molar-refractivity contribution in [3.05, 3.63) is 35.6 Å². The molecule has 0 aromatic carbocycles. The summed E-state index contributed by atoms with van der Waals surface area (Å²) in [6.07, 6.45) is 10.3. The lowest BCUT2D eigenvalue weighted by Gasteiger charge is -1.99. The van der Waals surface area contributed by atoms with Crippen LogP contribution in [0.1, 0.15) is 6.92 Å². The van der Waals surface area contributed by atoms with E-state index in [0.29, 0.717) is 5.92 Å². The van der Waals surface area contributed by atoms with Gasteiger partial charge in [-0.3, -0.25) is 5.43 Å². The zero-order valence-electron chi connectivity index (χ0n) is 6.41. The molecule has 0 bridgehead atoms. The lowest BCUT2D eigenvalue weighted by molar-refractivity contribution is 0.877. The second-order valence-electron chi connectivity index (χ2n) is 2.81. The Balaban J connectivity index is 2.35. The van der Waals surface area contributed by atoms with Crippen molar-refractivity contribution >= 4 is 6.21 Å². The minimum Gasteiger partial charge on any atom is -0.282 e. The van der Waals surface area contributed by atoms with Gasteiger partial charge in [-0.1, -0.05) is 23.8 Å². The summed E-state index contributed by atoms with van der Waals surface area (Å²) in [6.45, 7) is 2.09. The van der Waals surface area contributed by atoms with Gasteiger partial charge in [0.25, 0.3) is 0 Å². The molecular weight excluding hydrogens is 136 g/mol. The summed E-state index contributed by atoms with van der Waals surface area (Å²) in [7, 11) is 0. The van der Waals surface area contributed by atoms with E-state index in [1.807, 2.05) is 6.21 Å². The van der Waals surface area contributed by atoms with Crippen LogP contribution in [-0.2, 0) is 0 Å². The van der Waals surface area contributed by atoms with Crippen LogP contribution in [0.2, 0.25) is 0 Å². The van der Waals surface area contributed by atoms with E-state index < -0.39 is 0 Å². The highest BCUT2D eigenvalue weighted by atomic mass is 15.3. The van der Waals surface area contributed by atoms with Crippen molar-refractivity contribution in [3.8, 4) is 0 Å².